The van der Waals surface area contributed by atoms with Crippen LogP contribution in [0.1, 0.15) is 12.5 Å². The van der Waals surface area contributed by atoms with Crippen LogP contribution in [0.15, 0.2) is 23.4 Å². The molecule has 0 saturated carbocycles. The molecule has 0 radical (unpaired) electrons. The second kappa shape index (κ2) is 5.37. The molecule has 0 unspecified atom stereocenters. The number of aryl methyl sites for hydroxylation is 1. The first kappa shape index (κ1) is 14.7. The van der Waals surface area contributed by atoms with Crippen LogP contribution < -0.4 is 0 Å². The van der Waals surface area contributed by atoms with E-state index in [1.165, 1.54) is 4.57 Å². The van der Waals surface area contributed by atoms with Gasteiger partial charge in [0.15, 0.2) is 5.82 Å². The highest BCUT2D eigenvalue weighted by Crippen LogP contribution is 2.28. The Morgan fingerprint density at radius 1 is 1.37 bits per heavy atom. The first-order valence-corrected chi connectivity index (χ1v) is 8.88. The van der Waals surface area contributed by atoms with Crippen LogP contribution in [0, 0.1) is 10.5 Å². The lowest BCUT2D eigenvalue weighted by molar-refractivity contribution is 0.582. The predicted octanol–water partition coefficient (Wildman–Crippen LogP) is 2.81. The highest BCUT2D eigenvalue weighted by molar-refractivity contribution is 14.1. The molecule has 1 aromatic heterocycles. The number of benzene rings is 1. The van der Waals surface area contributed by atoms with Gasteiger partial charge in [-0.25, -0.2) is 8.42 Å². The maximum atomic E-state index is 11.4. The lowest BCUT2D eigenvalue weighted by Gasteiger charge is -2.08. The summed E-state index contributed by atoms with van der Waals surface area (Å²) in [7, 11) is 1.46. The highest BCUT2D eigenvalue weighted by atomic mass is 127. The molecule has 0 aliphatic rings. The summed E-state index contributed by atoms with van der Waals surface area (Å²) in [5, 5.41) is 7.45. The fraction of sp³-hybridized carbons (Fsp3) is 0.273. The molecule has 0 aliphatic heterocycles. The second-order valence-corrected chi connectivity index (χ2v) is 7.46. The summed E-state index contributed by atoms with van der Waals surface area (Å²) < 4.78 is 25.4. The molecule has 0 saturated heterocycles. The van der Waals surface area contributed by atoms with E-state index in [0.29, 0.717) is 12.4 Å². The smallest absolute Gasteiger partial charge is 0.296 e. The molecule has 2 rings (SSSR count). The summed E-state index contributed by atoms with van der Waals surface area (Å²) in [5.74, 6) is 0.509. The van der Waals surface area contributed by atoms with Gasteiger partial charge in [0.1, 0.15) is 0 Å². The van der Waals surface area contributed by atoms with Crippen molar-refractivity contribution < 1.29 is 8.42 Å². The van der Waals surface area contributed by atoms with Crippen LogP contribution in [-0.4, -0.2) is 23.2 Å². The normalized spacial score (nSPS) is 11.8. The quantitative estimate of drug-likeness (QED) is 0.575. The fourth-order valence-electron chi connectivity index (χ4n) is 1.77. The molecule has 0 fully saturated rings. The van der Waals surface area contributed by atoms with Crippen LogP contribution in [0.2, 0.25) is 0 Å². The molecule has 2 aromatic rings. The van der Waals surface area contributed by atoms with Gasteiger partial charge in [-0.3, -0.25) is 4.57 Å². The summed E-state index contributed by atoms with van der Waals surface area (Å²) in [5.41, 5.74) is 1.94. The first-order valence-electron chi connectivity index (χ1n) is 5.49. The summed E-state index contributed by atoms with van der Waals surface area (Å²) in [6, 6.07) is 5.77. The SMILES string of the molecule is CCn1c(-c2cccc(C)c2I)nnc1S(=O)(=O)Cl. The van der Waals surface area contributed by atoms with E-state index in [1.54, 1.807) is 0 Å². The molecule has 1 heterocycles. The van der Waals surface area contributed by atoms with Crippen molar-refractivity contribution in [2.24, 2.45) is 0 Å². The zero-order chi connectivity index (χ0) is 14.2. The van der Waals surface area contributed by atoms with Gasteiger partial charge < -0.3 is 0 Å². The van der Waals surface area contributed by atoms with Gasteiger partial charge in [0, 0.05) is 26.4 Å². The van der Waals surface area contributed by atoms with Crippen molar-refractivity contribution in [1.29, 1.82) is 0 Å². The Morgan fingerprint density at radius 2 is 2.05 bits per heavy atom. The van der Waals surface area contributed by atoms with E-state index in [4.69, 9.17) is 10.7 Å². The third-order valence-corrected chi connectivity index (χ3v) is 5.27. The van der Waals surface area contributed by atoms with Gasteiger partial charge in [-0.1, -0.05) is 18.2 Å². The van der Waals surface area contributed by atoms with Gasteiger partial charge >= 0.3 is 0 Å². The molecule has 0 aliphatic carbocycles. The van der Waals surface area contributed by atoms with Crippen molar-refractivity contribution in [1.82, 2.24) is 14.8 Å². The van der Waals surface area contributed by atoms with Crippen molar-refractivity contribution in [2.75, 3.05) is 0 Å². The standard InChI is InChI=1S/C11H11ClIN3O2S/c1-3-16-10(14-15-11(16)19(12,17)18)8-6-4-5-7(2)9(8)13/h4-6H,3H2,1-2H3. The molecule has 19 heavy (non-hydrogen) atoms. The van der Waals surface area contributed by atoms with Crippen molar-refractivity contribution >= 4 is 42.3 Å². The topological polar surface area (TPSA) is 64.8 Å². The van der Waals surface area contributed by atoms with Crippen molar-refractivity contribution in [3.8, 4) is 11.4 Å². The Bertz CT molecular complexity index is 728. The fourth-order valence-corrected chi connectivity index (χ4v) is 3.33. The minimum atomic E-state index is -3.90. The van der Waals surface area contributed by atoms with Crippen molar-refractivity contribution in [3.63, 3.8) is 0 Å². The van der Waals surface area contributed by atoms with Gasteiger partial charge in [-0.2, -0.15) is 0 Å². The number of aromatic nitrogens is 3. The van der Waals surface area contributed by atoms with Gasteiger partial charge in [0.2, 0.25) is 0 Å². The van der Waals surface area contributed by atoms with E-state index in [0.717, 1.165) is 14.7 Å². The molecule has 1 aromatic carbocycles. The molecular formula is C11H11ClIN3O2S. The second-order valence-electron chi connectivity index (χ2n) is 3.92. The lowest BCUT2D eigenvalue weighted by Crippen LogP contribution is -2.06. The summed E-state index contributed by atoms with van der Waals surface area (Å²) in [4.78, 5) is 0. The average molecular weight is 412 g/mol. The summed E-state index contributed by atoms with van der Waals surface area (Å²) >= 11 is 2.21. The van der Waals surface area contributed by atoms with Crippen LogP contribution in [0.25, 0.3) is 11.4 Å². The first-order chi connectivity index (χ1) is 8.86. The van der Waals surface area contributed by atoms with E-state index >= 15 is 0 Å². The Kier molecular flexibility index (Phi) is 4.17. The Labute approximate surface area is 129 Å². The van der Waals surface area contributed by atoms with Crippen LogP contribution in [-0.2, 0) is 15.6 Å². The maximum Gasteiger partial charge on any atom is 0.296 e. The third kappa shape index (κ3) is 2.77. The van der Waals surface area contributed by atoms with Gasteiger partial charge in [0.05, 0.1) is 0 Å². The number of hydrogen-bond donors (Lipinski definition) is 0. The maximum absolute atomic E-state index is 11.4. The number of halogens is 2. The Hall–Kier alpha value is -0.670. The molecule has 5 nitrogen and oxygen atoms in total. The minimum absolute atomic E-state index is 0.219. The van der Waals surface area contributed by atoms with E-state index in [9.17, 15) is 8.42 Å². The number of nitrogens with zero attached hydrogens (tertiary/aromatic N) is 3. The Balaban J connectivity index is 2.71. The minimum Gasteiger partial charge on any atom is -0.297 e. The van der Waals surface area contributed by atoms with Gasteiger partial charge in [-0.05, 0) is 42.0 Å². The van der Waals surface area contributed by atoms with Crippen molar-refractivity contribution in [3.05, 3.63) is 27.3 Å². The number of hydrogen-bond acceptors (Lipinski definition) is 4. The highest BCUT2D eigenvalue weighted by Gasteiger charge is 2.23. The van der Waals surface area contributed by atoms with Crippen LogP contribution >= 0.6 is 33.3 Å². The molecule has 0 amide bonds. The third-order valence-electron chi connectivity index (χ3n) is 2.68. The monoisotopic (exact) mass is 411 g/mol. The lowest BCUT2D eigenvalue weighted by atomic mass is 10.1. The predicted molar refractivity (Wildman–Crippen MR) is 81.6 cm³/mol. The molecule has 0 N–H and O–H groups in total. The molecular weight excluding hydrogens is 401 g/mol. The summed E-state index contributed by atoms with van der Waals surface area (Å²) in [6.07, 6.45) is 0. The molecule has 0 bridgehead atoms. The van der Waals surface area contributed by atoms with E-state index in [1.807, 2.05) is 32.0 Å². The van der Waals surface area contributed by atoms with Gasteiger partial charge in [-0.15, -0.1) is 10.2 Å². The summed E-state index contributed by atoms with van der Waals surface area (Å²) in [6.45, 7) is 4.23. The van der Waals surface area contributed by atoms with Crippen LogP contribution in [0.3, 0.4) is 0 Å². The molecule has 8 heteroatoms. The van der Waals surface area contributed by atoms with Crippen molar-refractivity contribution in [2.45, 2.75) is 25.5 Å². The molecule has 0 atom stereocenters. The van der Waals surface area contributed by atoms with Gasteiger partial charge in [0.25, 0.3) is 14.2 Å². The molecule has 102 valence electrons. The van der Waals surface area contributed by atoms with E-state index in [-0.39, 0.29) is 5.16 Å². The van der Waals surface area contributed by atoms with E-state index in [2.05, 4.69) is 32.8 Å². The number of rotatable bonds is 3. The zero-order valence-electron chi connectivity index (χ0n) is 10.3. The molecule has 0 spiro atoms. The zero-order valence-corrected chi connectivity index (χ0v) is 14.0. The van der Waals surface area contributed by atoms with Crippen LogP contribution in [0.5, 0.6) is 0 Å². The van der Waals surface area contributed by atoms with Crippen LogP contribution in [0.4, 0.5) is 0 Å². The average Bonchev–Trinajstić information content (AvgIpc) is 2.76. The largest absolute Gasteiger partial charge is 0.297 e. The van der Waals surface area contributed by atoms with E-state index < -0.39 is 9.05 Å². The Morgan fingerprint density at radius 3 is 2.63 bits per heavy atom.